The average Bonchev–Trinajstić information content (AvgIpc) is 3.93. The number of piperidine rings is 1. The van der Waals surface area contributed by atoms with Gasteiger partial charge in [-0.25, -0.2) is 15.2 Å². The molecule has 3 aromatic heterocycles. The normalized spacial score (nSPS) is 22.4. The van der Waals surface area contributed by atoms with Crippen LogP contribution in [0.3, 0.4) is 0 Å². The molecule has 69 heavy (non-hydrogen) atoms. The molecule has 1 spiro atoms. The van der Waals surface area contributed by atoms with E-state index >= 15 is 0 Å². The summed E-state index contributed by atoms with van der Waals surface area (Å²) < 4.78 is 14.7. The van der Waals surface area contributed by atoms with E-state index in [1.165, 1.54) is 27.3 Å². The van der Waals surface area contributed by atoms with Crippen molar-refractivity contribution in [3.8, 4) is 22.5 Å². The van der Waals surface area contributed by atoms with Gasteiger partial charge in [-0.1, -0.05) is 40.3 Å². The molecule has 4 atom stereocenters. The molecule has 6 bridgehead atoms. The van der Waals surface area contributed by atoms with Crippen LogP contribution < -0.4 is 10.7 Å². The molecule has 0 saturated carbocycles. The summed E-state index contributed by atoms with van der Waals surface area (Å²) in [6.07, 6.45) is 6.97. The lowest BCUT2D eigenvalue weighted by Gasteiger charge is -2.54. The molecule has 4 aromatic rings. The van der Waals surface area contributed by atoms with E-state index in [2.05, 4.69) is 66.9 Å². The Kier molecular flexibility index (Phi) is 14.5. The number of carbonyl (C=O) groups is 5. The lowest BCUT2D eigenvalue weighted by molar-refractivity contribution is -0.147. The number of aldehydes is 1. The van der Waals surface area contributed by atoms with Gasteiger partial charge in [0.15, 0.2) is 0 Å². The number of hydrogen-bond donors (Lipinski definition) is 2. The number of hydrazine groups is 1. The Bertz CT molecular complexity index is 2590. The number of benzene rings is 1. The van der Waals surface area contributed by atoms with Crippen molar-refractivity contribution in [2.45, 2.75) is 110 Å². The molecular weight excluding hydrogens is 895 g/mol. The van der Waals surface area contributed by atoms with Crippen molar-refractivity contribution >= 4 is 52.3 Å². The van der Waals surface area contributed by atoms with Crippen LogP contribution in [0.1, 0.15) is 89.6 Å². The maximum atomic E-state index is 14.8. The second kappa shape index (κ2) is 20.1. The lowest BCUT2D eigenvalue weighted by Crippen LogP contribution is -2.67. The molecule has 5 amide bonds. The first-order valence-electron chi connectivity index (χ1n) is 24.4. The molecular formula is C52H69N9O7S. The van der Waals surface area contributed by atoms with E-state index in [-0.39, 0.29) is 42.4 Å². The number of aryl methyl sites for hydroxylation is 1. The van der Waals surface area contributed by atoms with E-state index in [1.807, 2.05) is 32.2 Å². The summed E-state index contributed by atoms with van der Waals surface area (Å²) in [5.74, 6) is -1.24. The minimum atomic E-state index is -1.18. The number of likely N-dealkylation sites (tertiary alicyclic amines) is 2. The number of amides is 5. The third kappa shape index (κ3) is 9.97. The van der Waals surface area contributed by atoms with Gasteiger partial charge in [0.2, 0.25) is 11.8 Å². The minimum Gasteiger partial charge on any atom is -0.378 e. The summed E-state index contributed by atoms with van der Waals surface area (Å²) in [5, 5.41) is 8.24. The predicted molar refractivity (Wildman–Crippen MR) is 266 cm³/mol. The summed E-state index contributed by atoms with van der Waals surface area (Å²) in [4.78, 5) is 83.8. The number of pyridine rings is 1. The first kappa shape index (κ1) is 49.9. The molecule has 7 heterocycles. The molecule has 3 saturated heterocycles. The molecule has 1 aromatic carbocycles. The monoisotopic (exact) mass is 964 g/mol. The lowest BCUT2D eigenvalue weighted by atomic mass is 9.72. The Morgan fingerprint density at radius 1 is 1.09 bits per heavy atom. The molecule has 370 valence electrons. The van der Waals surface area contributed by atoms with Gasteiger partial charge in [0.25, 0.3) is 5.91 Å². The smallest absolute Gasteiger partial charge is 0.320 e. The van der Waals surface area contributed by atoms with Crippen molar-refractivity contribution < 1.29 is 33.4 Å². The van der Waals surface area contributed by atoms with Gasteiger partial charge in [0.1, 0.15) is 23.9 Å². The summed E-state index contributed by atoms with van der Waals surface area (Å²) in [5.41, 5.74) is 8.47. The van der Waals surface area contributed by atoms with Crippen molar-refractivity contribution in [1.29, 1.82) is 0 Å². The van der Waals surface area contributed by atoms with Gasteiger partial charge >= 0.3 is 6.03 Å². The maximum absolute atomic E-state index is 14.8. The molecule has 16 nitrogen and oxygen atoms in total. The number of thiazole rings is 1. The van der Waals surface area contributed by atoms with Gasteiger partial charge in [-0.2, -0.15) is 0 Å². The highest BCUT2D eigenvalue weighted by Gasteiger charge is 2.48. The number of nitrogens with zero attached hydrogens (tertiary/aromatic N) is 7. The van der Waals surface area contributed by atoms with Gasteiger partial charge in [0.05, 0.1) is 41.4 Å². The molecule has 0 aliphatic carbocycles. The fourth-order valence-corrected chi connectivity index (χ4v) is 11.8. The molecule has 4 aliphatic heterocycles. The van der Waals surface area contributed by atoms with Crippen molar-refractivity contribution in [1.82, 2.24) is 45.0 Å². The van der Waals surface area contributed by atoms with Crippen molar-refractivity contribution in [2.75, 3.05) is 60.1 Å². The Balaban J connectivity index is 1.12. The second-order valence-electron chi connectivity index (χ2n) is 20.8. The van der Waals surface area contributed by atoms with E-state index in [0.29, 0.717) is 70.1 Å². The van der Waals surface area contributed by atoms with Gasteiger partial charge in [-0.05, 0) is 93.2 Å². The van der Waals surface area contributed by atoms with E-state index in [4.69, 9.17) is 19.4 Å². The zero-order chi connectivity index (χ0) is 49.4. The highest BCUT2D eigenvalue weighted by Crippen LogP contribution is 2.43. The third-order valence-corrected chi connectivity index (χ3v) is 15.6. The predicted octanol–water partition coefficient (Wildman–Crippen LogP) is 6.43. The Morgan fingerprint density at radius 3 is 2.52 bits per heavy atom. The molecule has 1 unspecified atom stereocenters. The first-order chi connectivity index (χ1) is 32.9. The van der Waals surface area contributed by atoms with E-state index < -0.39 is 34.9 Å². The number of carbonyl (C=O) groups excluding carboxylic acids is 5. The highest BCUT2D eigenvalue weighted by atomic mass is 32.1. The topological polar surface area (TPSA) is 172 Å². The number of methoxy groups -OCH3 is 1. The van der Waals surface area contributed by atoms with Gasteiger partial charge in [-0.3, -0.25) is 24.4 Å². The van der Waals surface area contributed by atoms with E-state index in [0.717, 1.165) is 63.8 Å². The zero-order valence-corrected chi connectivity index (χ0v) is 42.3. The Labute approximate surface area is 409 Å². The van der Waals surface area contributed by atoms with Crippen molar-refractivity contribution in [3.63, 3.8) is 0 Å². The first-order valence-corrected chi connectivity index (χ1v) is 25.3. The fourth-order valence-electron chi connectivity index (χ4n) is 11.0. The van der Waals surface area contributed by atoms with E-state index in [1.54, 1.807) is 30.2 Å². The van der Waals surface area contributed by atoms with Crippen LogP contribution >= 0.6 is 11.3 Å². The summed E-state index contributed by atoms with van der Waals surface area (Å²) in [7, 11) is 3.34. The standard InChI is InChI=1S/C52H69N9O7S/c1-10-43(63)59-28-51(29-59)18-22-58(23-19-51)49(66)57(8)45(33(3)4)47(64)55-39-25-42-54-40(27-69-42)35-15-16-41-37(24-35)38(46(60(41)11-2)36-14-12-20-53-44(36)34(5)67-9)26-50(6,7)31-68-32-52(30-62)17-13-21-61(56-52)48(39)65/h10,12,14-16,20,24,27,30,33-34,39,45,56H,1,11,13,17-19,21-23,25-26,28-29,31-32H2,2-9H3,(H,55,64)/t34-,39-,45-,52?/m0/s1. The van der Waals surface area contributed by atoms with E-state index in [9.17, 15) is 24.0 Å². The second-order valence-corrected chi connectivity index (χ2v) is 21.7. The highest BCUT2D eigenvalue weighted by molar-refractivity contribution is 7.10. The van der Waals surface area contributed by atoms with Gasteiger partial charge < -0.3 is 38.9 Å². The summed E-state index contributed by atoms with van der Waals surface area (Å²) in [6, 6.07) is 8.28. The number of rotatable bonds is 10. The molecule has 2 N–H and O–H groups in total. The SMILES string of the molecule is C=CC(=O)N1CC2(CCN(C(=O)N(C)[C@H](C(=O)N[C@H]3Cc4nc(cs4)-c4ccc5c(c4)c(c(-c4cccnc4[C@H](C)OC)n5CC)CC(C)(C)COCC4(C=O)CCCN(N4)C3=O)C(C)C)CC2)C1. The number of nitrogens with one attached hydrogen (secondary N) is 2. The molecule has 8 rings (SSSR count). The molecule has 0 radical (unpaired) electrons. The number of urea groups is 1. The summed E-state index contributed by atoms with van der Waals surface area (Å²) >= 11 is 1.42. The maximum Gasteiger partial charge on any atom is 0.320 e. The van der Waals surface area contributed by atoms with Crippen LogP contribution in [0, 0.1) is 16.7 Å². The number of aromatic nitrogens is 3. The number of fused-ring (bicyclic) bond motifs is 6. The Morgan fingerprint density at radius 2 is 1.84 bits per heavy atom. The quantitative estimate of drug-likeness (QED) is 0.133. The van der Waals surface area contributed by atoms with Crippen LogP contribution in [-0.4, -0.2) is 142 Å². The van der Waals surface area contributed by atoms with Gasteiger partial charge in [0, 0.05) is 98.9 Å². The fraction of sp³-hybridized carbons (Fsp3) is 0.558. The van der Waals surface area contributed by atoms with Crippen LogP contribution in [0.2, 0.25) is 0 Å². The van der Waals surface area contributed by atoms with Crippen LogP contribution in [0.25, 0.3) is 33.4 Å². The largest absolute Gasteiger partial charge is 0.378 e. The van der Waals surface area contributed by atoms with Crippen LogP contribution in [0.5, 0.6) is 0 Å². The van der Waals surface area contributed by atoms with Crippen LogP contribution in [-0.2, 0) is 48.0 Å². The van der Waals surface area contributed by atoms with Crippen LogP contribution in [0.4, 0.5) is 4.79 Å². The number of hydrogen-bond acceptors (Lipinski definition) is 11. The van der Waals surface area contributed by atoms with Crippen molar-refractivity contribution in [2.24, 2.45) is 16.7 Å². The Hall–Kier alpha value is -5.49. The van der Waals surface area contributed by atoms with Crippen molar-refractivity contribution in [3.05, 3.63) is 70.8 Å². The minimum absolute atomic E-state index is 0.0115. The zero-order valence-electron chi connectivity index (χ0n) is 41.5. The number of likely N-dealkylation sites (N-methyl/N-ethyl adjacent to an activating group) is 1. The average molecular weight is 964 g/mol. The third-order valence-electron chi connectivity index (χ3n) is 14.8. The number of ether oxygens (including phenoxy) is 2. The van der Waals surface area contributed by atoms with Crippen LogP contribution in [0.15, 0.2) is 54.6 Å². The molecule has 17 heteroatoms. The molecule has 4 aliphatic rings. The summed E-state index contributed by atoms with van der Waals surface area (Å²) in [6.45, 7) is 19.6. The van der Waals surface area contributed by atoms with Gasteiger partial charge in [-0.15, -0.1) is 11.3 Å². The molecule has 3 fully saturated rings.